The second-order valence-corrected chi connectivity index (χ2v) is 7.23. The number of hydrogen-bond donors (Lipinski definition) is 1. The van der Waals surface area contributed by atoms with E-state index in [0.29, 0.717) is 29.7 Å². The molecule has 5 nitrogen and oxygen atoms in total. The number of fused-ring (bicyclic) bond motifs is 1. The van der Waals surface area contributed by atoms with E-state index in [1.807, 2.05) is 55.5 Å². The van der Waals surface area contributed by atoms with Crippen molar-refractivity contribution < 1.29 is 4.79 Å². The van der Waals surface area contributed by atoms with Gasteiger partial charge < -0.3 is 0 Å². The van der Waals surface area contributed by atoms with Gasteiger partial charge in [0.05, 0.1) is 6.54 Å². The smallest absolute Gasteiger partial charge is 0.292 e. The third-order valence-corrected chi connectivity index (χ3v) is 5.40. The molecule has 0 atom stereocenters. The summed E-state index contributed by atoms with van der Waals surface area (Å²) in [6, 6.07) is 22.9. The first-order valence-electron chi connectivity index (χ1n) is 9.98. The van der Waals surface area contributed by atoms with Gasteiger partial charge in [0.1, 0.15) is 0 Å². The first-order valence-corrected chi connectivity index (χ1v) is 9.98. The average Bonchev–Trinajstić information content (AvgIpc) is 2.77. The third-order valence-electron chi connectivity index (χ3n) is 5.40. The van der Waals surface area contributed by atoms with E-state index in [4.69, 9.17) is 0 Å². The van der Waals surface area contributed by atoms with Crippen LogP contribution in [0.5, 0.6) is 0 Å². The zero-order chi connectivity index (χ0) is 21.1. The molecule has 0 radical (unpaired) electrons. The minimum atomic E-state index is -0.559. The molecule has 0 aliphatic heterocycles. The van der Waals surface area contributed by atoms with E-state index < -0.39 is 5.69 Å². The molecule has 0 spiro atoms. The number of nitrogens with one attached hydrogen (secondary N) is 1. The van der Waals surface area contributed by atoms with Crippen LogP contribution in [-0.4, -0.2) is 15.3 Å². The molecular formula is C25H22N2O3. The molecule has 1 aromatic heterocycles. The maximum absolute atomic E-state index is 12.8. The lowest BCUT2D eigenvalue weighted by Crippen LogP contribution is -2.37. The molecule has 0 fully saturated rings. The van der Waals surface area contributed by atoms with Crippen LogP contribution in [0.2, 0.25) is 0 Å². The minimum absolute atomic E-state index is 0.118. The van der Waals surface area contributed by atoms with E-state index in [2.05, 4.69) is 4.98 Å². The van der Waals surface area contributed by atoms with Crippen molar-refractivity contribution in [2.75, 3.05) is 0 Å². The fourth-order valence-corrected chi connectivity index (χ4v) is 3.88. The van der Waals surface area contributed by atoms with E-state index in [1.54, 1.807) is 24.3 Å². The molecule has 150 valence electrons. The van der Waals surface area contributed by atoms with Crippen molar-refractivity contribution in [1.82, 2.24) is 9.55 Å². The van der Waals surface area contributed by atoms with Crippen LogP contribution in [0.3, 0.4) is 0 Å². The average molecular weight is 398 g/mol. The van der Waals surface area contributed by atoms with Crippen LogP contribution < -0.4 is 11.2 Å². The molecule has 0 bridgehead atoms. The monoisotopic (exact) mass is 398 g/mol. The summed E-state index contributed by atoms with van der Waals surface area (Å²) < 4.78 is 1.41. The Hall–Kier alpha value is -3.73. The Labute approximate surface area is 173 Å². The summed E-state index contributed by atoms with van der Waals surface area (Å²) in [5.41, 5.74) is 1.71. The Morgan fingerprint density at radius 2 is 1.60 bits per heavy atom. The largest absolute Gasteiger partial charge is 0.328 e. The number of nitrogens with zero attached hydrogens (tertiary/aromatic N) is 1. The van der Waals surface area contributed by atoms with Gasteiger partial charge in [0, 0.05) is 23.2 Å². The van der Waals surface area contributed by atoms with Crippen molar-refractivity contribution in [3.05, 3.63) is 116 Å². The quantitative estimate of drug-likeness (QED) is 0.503. The van der Waals surface area contributed by atoms with Crippen molar-refractivity contribution in [1.29, 1.82) is 0 Å². The number of H-pyrrole nitrogens is 1. The number of benzene rings is 3. The van der Waals surface area contributed by atoms with Crippen LogP contribution in [0.1, 0.15) is 34.1 Å². The molecule has 0 saturated carbocycles. The van der Waals surface area contributed by atoms with Crippen LogP contribution in [0.4, 0.5) is 0 Å². The first-order chi connectivity index (χ1) is 14.6. The number of carbonyl (C=O) groups excluding carboxylic acids is 1. The number of ketones is 1. The summed E-state index contributed by atoms with van der Waals surface area (Å²) in [6.07, 6.45) is 0.862. The number of aromatic amines is 1. The highest BCUT2D eigenvalue weighted by Gasteiger charge is 2.18. The van der Waals surface area contributed by atoms with E-state index in [9.17, 15) is 14.4 Å². The van der Waals surface area contributed by atoms with Crippen LogP contribution in [0.25, 0.3) is 10.8 Å². The van der Waals surface area contributed by atoms with Gasteiger partial charge >= 0.3 is 5.69 Å². The number of aromatic nitrogens is 2. The van der Waals surface area contributed by atoms with Crippen molar-refractivity contribution in [3.63, 3.8) is 0 Å². The van der Waals surface area contributed by atoms with Gasteiger partial charge in [-0.15, -0.1) is 0 Å². The summed E-state index contributed by atoms with van der Waals surface area (Å²) >= 11 is 0. The van der Waals surface area contributed by atoms with Gasteiger partial charge in [-0.3, -0.25) is 19.1 Å². The van der Waals surface area contributed by atoms with Crippen molar-refractivity contribution >= 4 is 16.6 Å². The van der Waals surface area contributed by atoms with Crippen LogP contribution in [0.15, 0.2) is 82.4 Å². The molecule has 4 rings (SSSR count). The molecule has 30 heavy (non-hydrogen) atoms. The molecule has 0 saturated heterocycles. The van der Waals surface area contributed by atoms with E-state index in [1.165, 1.54) is 4.57 Å². The molecule has 0 unspecified atom stereocenters. The number of hydrogen-bond acceptors (Lipinski definition) is 3. The lowest BCUT2D eigenvalue weighted by Gasteiger charge is -2.16. The Bertz CT molecular complexity index is 1330. The fourth-order valence-electron chi connectivity index (χ4n) is 3.88. The summed E-state index contributed by atoms with van der Waals surface area (Å²) in [5, 5.41) is 2.16. The van der Waals surface area contributed by atoms with Gasteiger partial charge in [-0.2, -0.15) is 0 Å². The molecule has 1 N–H and O–H groups in total. The minimum Gasteiger partial charge on any atom is -0.292 e. The van der Waals surface area contributed by atoms with Crippen LogP contribution >= 0.6 is 0 Å². The zero-order valence-corrected chi connectivity index (χ0v) is 16.7. The number of carbonyl (C=O) groups is 1. The van der Waals surface area contributed by atoms with E-state index >= 15 is 0 Å². The second-order valence-electron chi connectivity index (χ2n) is 7.23. The summed E-state index contributed by atoms with van der Waals surface area (Å²) in [7, 11) is 0. The van der Waals surface area contributed by atoms with Gasteiger partial charge in [0.25, 0.3) is 5.56 Å². The highest BCUT2D eigenvalue weighted by Crippen LogP contribution is 2.22. The molecule has 0 aliphatic rings. The van der Waals surface area contributed by atoms with Gasteiger partial charge in [0.2, 0.25) is 0 Å². The lowest BCUT2D eigenvalue weighted by atomic mass is 9.98. The molecule has 5 heteroatoms. The second kappa shape index (κ2) is 8.33. The Morgan fingerprint density at radius 1 is 0.900 bits per heavy atom. The zero-order valence-electron chi connectivity index (χ0n) is 16.7. The Balaban J connectivity index is 1.84. The molecule has 3 aromatic carbocycles. The van der Waals surface area contributed by atoms with Crippen molar-refractivity contribution in [3.8, 4) is 0 Å². The van der Waals surface area contributed by atoms with Crippen molar-refractivity contribution in [2.24, 2.45) is 0 Å². The van der Waals surface area contributed by atoms with Crippen LogP contribution in [0, 0.1) is 0 Å². The van der Waals surface area contributed by atoms with E-state index in [0.717, 1.165) is 16.3 Å². The van der Waals surface area contributed by atoms with Gasteiger partial charge in [-0.25, -0.2) is 4.79 Å². The van der Waals surface area contributed by atoms with E-state index in [-0.39, 0.29) is 17.9 Å². The van der Waals surface area contributed by atoms with Gasteiger partial charge in [0.15, 0.2) is 5.78 Å². The fraction of sp³-hybridized carbons (Fsp3) is 0.160. The normalized spacial score (nSPS) is 11.0. The number of Topliss-reactive ketones (excluding diaryl/α,β-unsaturated/α-hetero) is 1. The standard InChI is InChI=1S/C25H22N2O3/c1-2-20-22(15-19-13-8-12-17-9-6-7-14-21(17)19)27(25(30)26-24(20)29)16-23(28)18-10-4-3-5-11-18/h3-14H,2,15-16H2,1H3,(H,26,29,30). The Kier molecular flexibility index (Phi) is 5.44. The molecule has 0 aliphatic carbocycles. The lowest BCUT2D eigenvalue weighted by molar-refractivity contribution is 0.0969. The first kappa shape index (κ1) is 19.6. The maximum atomic E-state index is 12.8. The summed E-state index contributed by atoms with van der Waals surface area (Å²) in [5.74, 6) is -0.175. The SMILES string of the molecule is CCc1c(Cc2cccc3ccccc23)n(CC(=O)c2ccccc2)c(=O)[nH]c1=O. The van der Waals surface area contributed by atoms with Crippen molar-refractivity contribution in [2.45, 2.75) is 26.3 Å². The van der Waals surface area contributed by atoms with Gasteiger partial charge in [-0.05, 0) is 22.8 Å². The topological polar surface area (TPSA) is 71.9 Å². The number of rotatable bonds is 6. The molecular weight excluding hydrogens is 376 g/mol. The van der Waals surface area contributed by atoms with Crippen LogP contribution in [-0.2, 0) is 19.4 Å². The molecule has 0 amide bonds. The summed E-state index contributed by atoms with van der Waals surface area (Å²) in [4.78, 5) is 40.4. The predicted molar refractivity (Wildman–Crippen MR) is 118 cm³/mol. The summed E-state index contributed by atoms with van der Waals surface area (Å²) in [6.45, 7) is 1.76. The molecule has 4 aromatic rings. The predicted octanol–water partition coefficient (Wildman–Crippen LogP) is 3.73. The van der Waals surface area contributed by atoms with Gasteiger partial charge in [-0.1, -0.05) is 79.7 Å². The highest BCUT2D eigenvalue weighted by molar-refractivity contribution is 5.95. The third kappa shape index (κ3) is 3.74. The molecule has 1 heterocycles. The maximum Gasteiger partial charge on any atom is 0.328 e. The highest BCUT2D eigenvalue weighted by atomic mass is 16.2. The Morgan fingerprint density at radius 3 is 2.37 bits per heavy atom.